The normalized spacial score (nSPS) is 11.0. The van der Waals surface area contributed by atoms with Crippen molar-refractivity contribution in [2.24, 2.45) is 7.05 Å². The molecule has 0 aliphatic rings. The van der Waals surface area contributed by atoms with Gasteiger partial charge in [-0.3, -0.25) is 14.2 Å². The number of rotatable bonds is 4. The second-order valence-corrected chi connectivity index (χ2v) is 5.76. The number of nitrogens with zero attached hydrogens (tertiary/aromatic N) is 5. The third-order valence-electron chi connectivity index (χ3n) is 3.34. The van der Waals surface area contributed by atoms with Crippen LogP contribution in [-0.2, 0) is 7.05 Å². The van der Waals surface area contributed by atoms with Gasteiger partial charge in [0.1, 0.15) is 17.3 Å². The van der Waals surface area contributed by atoms with Crippen LogP contribution in [0, 0.1) is 11.3 Å². The van der Waals surface area contributed by atoms with E-state index in [-0.39, 0.29) is 23.7 Å². The first-order valence-electron chi connectivity index (χ1n) is 7.18. The largest absolute Gasteiger partial charge is 0.303 e. The van der Waals surface area contributed by atoms with Crippen LogP contribution >= 0.6 is 0 Å². The predicted molar refractivity (Wildman–Crippen MR) is 82.6 cm³/mol. The maximum absolute atomic E-state index is 12.4. The lowest BCUT2D eigenvalue weighted by Gasteiger charge is -2.04. The highest BCUT2D eigenvalue weighted by Crippen LogP contribution is 2.18. The smallest absolute Gasteiger partial charge is 0.275 e. The average Bonchev–Trinajstić information content (AvgIpc) is 3.02. The van der Waals surface area contributed by atoms with Gasteiger partial charge in [-0.1, -0.05) is 13.8 Å². The second-order valence-electron chi connectivity index (χ2n) is 5.76. The quantitative estimate of drug-likeness (QED) is 0.939. The first kappa shape index (κ1) is 15.8. The summed E-state index contributed by atoms with van der Waals surface area (Å²) in [6, 6.07) is 3.91. The Balaban J connectivity index is 2.28. The first-order chi connectivity index (χ1) is 10.3. The highest BCUT2D eigenvalue weighted by molar-refractivity contribution is 6.03. The van der Waals surface area contributed by atoms with E-state index in [0.717, 1.165) is 5.69 Å². The molecule has 22 heavy (non-hydrogen) atoms. The predicted octanol–water partition coefficient (Wildman–Crippen LogP) is 2.44. The monoisotopic (exact) mass is 300 g/mol. The Labute approximate surface area is 129 Å². The molecule has 7 heteroatoms. The fourth-order valence-electron chi connectivity index (χ4n) is 1.99. The summed E-state index contributed by atoms with van der Waals surface area (Å²) in [5.74, 6) is 0.184. The van der Waals surface area contributed by atoms with Crippen LogP contribution in [0.4, 0.5) is 5.82 Å². The molecule has 0 atom stereocenters. The van der Waals surface area contributed by atoms with Gasteiger partial charge in [0.15, 0.2) is 5.82 Å². The molecule has 2 aromatic heterocycles. The van der Waals surface area contributed by atoms with Gasteiger partial charge in [-0.25, -0.2) is 0 Å². The van der Waals surface area contributed by atoms with Gasteiger partial charge in [0.25, 0.3) is 5.91 Å². The topological polar surface area (TPSA) is 88.5 Å². The SMILES string of the molecule is CC(C)c1cc(C(=O)Nc2nn(C(C)C)cc2C#N)n(C)n1. The number of carbonyl (C=O) groups is 1. The Hall–Kier alpha value is -2.62. The van der Waals surface area contributed by atoms with Crippen molar-refractivity contribution in [1.82, 2.24) is 19.6 Å². The van der Waals surface area contributed by atoms with E-state index in [9.17, 15) is 4.79 Å². The highest BCUT2D eigenvalue weighted by Gasteiger charge is 2.18. The maximum Gasteiger partial charge on any atom is 0.275 e. The number of hydrogen-bond acceptors (Lipinski definition) is 4. The Morgan fingerprint density at radius 3 is 2.50 bits per heavy atom. The molecule has 0 aliphatic carbocycles. The standard InChI is InChI=1S/C15H20N6O/c1-9(2)12-6-13(20(5)18-12)15(22)17-14-11(7-16)8-21(19-14)10(3)4/h6,8-10H,1-5H3,(H,17,19,22). The molecule has 7 nitrogen and oxygen atoms in total. The molecule has 0 spiro atoms. The van der Waals surface area contributed by atoms with Crippen LogP contribution in [0.2, 0.25) is 0 Å². The summed E-state index contributed by atoms with van der Waals surface area (Å²) in [7, 11) is 1.72. The van der Waals surface area contributed by atoms with Gasteiger partial charge in [-0.2, -0.15) is 15.5 Å². The molecule has 2 heterocycles. The van der Waals surface area contributed by atoms with Crippen molar-refractivity contribution in [3.05, 3.63) is 29.2 Å². The van der Waals surface area contributed by atoms with E-state index >= 15 is 0 Å². The molecule has 1 amide bonds. The van der Waals surface area contributed by atoms with Gasteiger partial charge >= 0.3 is 0 Å². The van der Waals surface area contributed by atoms with Crippen molar-refractivity contribution >= 4 is 11.7 Å². The molecule has 116 valence electrons. The molecular weight excluding hydrogens is 280 g/mol. The lowest BCUT2D eigenvalue weighted by atomic mass is 10.1. The summed E-state index contributed by atoms with van der Waals surface area (Å²) in [5, 5.41) is 20.4. The summed E-state index contributed by atoms with van der Waals surface area (Å²) < 4.78 is 3.19. The van der Waals surface area contributed by atoms with E-state index in [1.54, 1.807) is 24.0 Å². The summed E-state index contributed by atoms with van der Waals surface area (Å²) in [6.45, 7) is 7.94. The van der Waals surface area contributed by atoms with Crippen molar-refractivity contribution in [1.29, 1.82) is 5.26 Å². The van der Waals surface area contributed by atoms with E-state index in [1.165, 1.54) is 4.68 Å². The maximum atomic E-state index is 12.4. The van der Waals surface area contributed by atoms with E-state index in [4.69, 9.17) is 5.26 Å². The van der Waals surface area contributed by atoms with Gasteiger partial charge in [0, 0.05) is 19.3 Å². The average molecular weight is 300 g/mol. The zero-order valence-corrected chi connectivity index (χ0v) is 13.5. The zero-order valence-electron chi connectivity index (χ0n) is 13.5. The van der Waals surface area contributed by atoms with Gasteiger partial charge in [0.2, 0.25) is 0 Å². The van der Waals surface area contributed by atoms with Crippen molar-refractivity contribution < 1.29 is 4.79 Å². The minimum absolute atomic E-state index is 0.113. The summed E-state index contributed by atoms with van der Waals surface area (Å²) in [4.78, 5) is 12.4. The fraction of sp³-hybridized carbons (Fsp3) is 0.467. The summed E-state index contributed by atoms with van der Waals surface area (Å²) in [5.41, 5.74) is 1.63. The Morgan fingerprint density at radius 1 is 1.32 bits per heavy atom. The van der Waals surface area contributed by atoms with Crippen LogP contribution in [0.3, 0.4) is 0 Å². The Kier molecular flexibility index (Phi) is 4.31. The van der Waals surface area contributed by atoms with E-state index in [2.05, 4.69) is 15.5 Å². The first-order valence-corrected chi connectivity index (χ1v) is 7.18. The Morgan fingerprint density at radius 2 is 2.00 bits per heavy atom. The lowest BCUT2D eigenvalue weighted by molar-refractivity contribution is 0.101. The van der Waals surface area contributed by atoms with Crippen LogP contribution in [0.1, 0.15) is 61.4 Å². The molecule has 2 rings (SSSR count). The fourth-order valence-corrected chi connectivity index (χ4v) is 1.99. The van der Waals surface area contributed by atoms with Gasteiger partial charge in [-0.05, 0) is 25.8 Å². The number of hydrogen-bond donors (Lipinski definition) is 1. The molecule has 2 aromatic rings. The number of anilines is 1. The third-order valence-corrected chi connectivity index (χ3v) is 3.34. The molecule has 0 bridgehead atoms. The molecule has 1 N–H and O–H groups in total. The minimum atomic E-state index is -0.326. The van der Waals surface area contributed by atoms with Gasteiger partial charge in [-0.15, -0.1) is 0 Å². The molecule has 0 aromatic carbocycles. The minimum Gasteiger partial charge on any atom is -0.303 e. The van der Waals surface area contributed by atoms with Crippen LogP contribution in [0.5, 0.6) is 0 Å². The van der Waals surface area contributed by atoms with Crippen molar-refractivity contribution in [2.75, 3.05) is 5.32 Å². The van der Waals surface area contributed by atoms with Crippen LogP contribution < -0.4 is 5.32 Å². The van der Waals surface area contributed by atoms with Crippen LogP contribution in [-0.4, -0.2) is 25.5 Å². The van der Waals surface area contributed by atoms with Crippen molar-refractivity contribution in [3.63, 3.8) is 0 Å². The summed E-state index contributed by atoms with van der Waals surface area (Å²) >= 11 is 0. The molecule has 0 saturated heterocycles. The second kappa shape index (κ2) is 6.02. The number of carbonyl (C=O) groups excluding carboxylic acids is 1. The van der Waals surface area contributed by atoms with Crippen LogP contribution in [0.15, 0.2) is 12.3 Å². The van der Waals surface area contributed by atoms with Crippen LogP contribution in [0.25, 0.3) is 0 Å². The molecular formula is C15H20N6O. The van der Waals surface area contributed by atoms with E-state index in [0.29, 0.717) is 11.3 Å². The number of nitriles is 1. The van der Waals surface area contributed by atoms with Crippen molar-refractivity contribution in [3.8, 4) is 6.07 Å². The molecule has 0 unspecified atom stereocenters. The lowest BCUT2D eigenvalue weighted by Crippen LogP contribution is -2.17. The molecule has 0 radical (unpaired) electrons. The van der Waals surface area contributed by atoms with E-state index < -0.39 is 0 Å². The number of nitrogens with one attached hydrogen (secondary N) is 1. The zero-order chi connectivity index (χ0) is 16.4. The van der Waals surface area contributed by atoms with Gasteiger partial charge < -0.3 is 5.32 Å². The summed E-state index contributed by atoms with van der Waals surface area (Å²) in [6.07, 6.45) is 1.63. The highest BCUT2D eigenvalue weighted by atomic mass is 16.2. The molecule has 0 fully saturated rings. The number of aromatic nitrogens is 4. The number of amides is 1. The van der Waals surface area contributed by atoms with Gasteiger partial charge in [0.05, 0.1) is 5.69 Å². The molecule has 0 saturated carbocycles. The van der Waals surface area contributed by atoms with E-state index in [1.807, 2.05) is 33.8 Å². The number of aryl methyl sites for hydroxylation is 1. The molecule has 0 aliphatic heterocycles. The Bertz CT molecular complexity index is 732. The van der Waals surface area contributed by atoms with Crippen molar-refractivity contribution in [2.45, 2.75) is 39.7 Å². The third kappa shape index (κ3) is 3.01.